The molecule has 0 aliphatic carbocycles. The van der Waals surface area contributed by atoms with Crippen molar-refractivity contribution >= 4 is 27.4 Å². The number of fused-ring (bicyclic) bond motifs is 1. The largest absolute Gasteiger partial charge is 0.378 e. The van der Waals surface area contributed by atoms with Gasteiger partial charge in [-0.3, -0.25) is 0 Å². The number of anilines is 1. The van der Waals surface area contributed by atoms with Crippen LogP contribution in [0.2, 0.25) is 0 Å². The van der Waals surface area contributed by atoms with Crippen LogP contribution in [0.3, 0.4) is 0 Å². The average molecular weight is 323 g/mol. The number of rotatable bonds is 2. The first kappa shape index (κ1) is 14.1. The number of benzene rings is 1. The molecule has 0 atom stereocenters. The van der Waals surface area contributed by atoms with Crippen molar-refractivity contribution < 1.29 is 4.74 Å². The van der Waals surface area contributed by atoms with Crippen LogP contribution in [0.1, 0.15) is 5.56 Å². The monoisotopic (exact) mass is 323 g/mol. The third-order valence-electron chi connectivity index (χ3n) is 3.79. The molecule has 3 aromatic rings. The second kappa shape index (κ2) is 5.91. The lowest BCUT2D eigenvalue weighted by Gasteiger charge is -2.29. The molecule has 0 bridgehead atoms. The molecule has 1 aromatic carbocycles. The highest BCUT2D eigenvalue weighted by Gasteiger charge is 2.16. The number of nitrogens with zero attached hydrogens (tertiary/aromatic N) is 5. The zero-order chi connectivity index (χ0) is 15.6. The van der Waals surface area contributed by atoms with E-state index in [1.165, 1.54) is 17.7 Å². The summed E-state index contributed by atoms with van der Waals surface area (Å²) in [6.07, 6.45) is 3.22. The Balaban J connectivity index is 1.74. The van der Waals surface area contributed by atoms with Gasteiger partial charge < -0.3 is 9.64 Å². The van der Waals surface area contributed by atoms with Crippen molar-refractivity contribution in [2.75, 3.05) is 31.2 Å². The Hall–Kier alpha value is -2.56. The van der Waals surface area contributed by atoms with Gasteiger partial charge in [-0.25, -0.2) is 15.0 Å². The molecular weight excluding hydrogens is 310 g/mol. The van der Waals surface area contributed by atoms with Crippen LogP contribution in [0.25, 0.3) is 20.9 Å². The van der Waals surface area contributed by atoms with E-state index in [9.17, 15) is 5.26 Å². The molecule has 0 radical (unpaired) electrons. The molecule has 114 valence electrons. The summed E-state index contributed by atoms with van der Waals surface area (Å²) in [4.78, 5) is 15.8. The third-order valence-corrected chi connectivity index (χ3v) is 4.82. The van der Waals surface area contributed by atoms with Gasteiger partial charge in [0.05, 0.1) is 30.7 Å². The van der Waals surface area contributed by atoms with E-state index in [4.69, 9.17) is 4.74 Å². The summed E-state index contributed by atoms with van der Waals surface area (Å²) in [6.45, 7) is 3.02. The van der Waals surface area contributed by atoms with Crippen molar-refractivity contribution in [1.29, 1.82) is 5.26 Å². The van der Waals surface area contributed by atoms with E-state index < -0.39 is 0 Å². The second-order valence-electron chi connectivity index (χ2n) is 5.18. The number of hydrogen-bond acceptors (Lipinski definition) is 7. The molecule has 23 heavy (non-hydrogen) atoms. The Morgan fingerprint density at radius 3 is 2.91 bits per heavy atom. The van der Waals surface area contributed by atoms with Crippen LogP contribution in [0, 0.1) is 11.3 Å². The van der Waals surface area contributed by atoms with Gasteiger partial charge in [-0.15, -0.1) is 0 Å². The van der Waals surface area contributed by atoms with Gasteiger partial charge in [-0.05, 0) is 18.2 Å². The van der Waals surface area contributed by atoms with Gasteiger partial charge in [-0.1, -0.05) is 11.3 Å². The maximum absolute atomic E-state index is 9.51. The summed E-state index contributed by atoms with van der Waals surface area (Å²) in [5.41, 5.74) is 3.33. The van der Waals surface area contributed by atoms with E-state index >= 15 is 0 Å². The SMILES string of the molecule is N#Cc1cc(-c2nc3cncnc3s2)ccc1N1CCOCC1. The van der Waals surface area contributed by atoms with Crippen molar-refractivity contribution in [2.45, 2.75) is 0 Å². The van der Waals surface area contributed by atoms with E-state index in [1.807, 2.05) is 18.2 Å². The molecule has 1 aliphatic rings. The Morgan fingerprint density at radius 2 is 2.13 bits per heavy atom. The zero-order valence-corrected chi connectivity index (χ0v) is 13.1. The molecule has 7 heteroatoms. The fraction of sp³-hybridized carbons (Fsp3) is 0.250. The molecule has 1 saturated heterocycles. The van der Waals surface area contributed by atoms with E-state index in [0.717, 1.165) is 39.7 Å². The predicted octanol–water partition coefficient (Wildman–Crippen LogP) is 2.46. The number of aromatic nitrogens is 3. The second-order valence-corrected chi connectivity index (χ2v) is 6.15. The molecular formula is C16H13N5OS. The Kier molecular flexibility index (Phi) is 3.61. The summed E-state index contributed by atoms with van der Waals surface area (Å²) in [7, 11) is 0. The molecule has 3 heterocycles. The fourth-order valence-electron chi connectivity index (χ4n) is 2.65. The van der Waals surface area contributed by atoms with Gasteiger partial charge in [0.25, 0.3) is 0 Å². The summed E-state index contributed by atoms with van der Waals surface area (Å²) in [5, 5.41) is 10.4. The van der Waals surface area contributed by atoms with Gasteiger partial charge in [0.2, 0.25) is 0 Å². The first-order chi connectivity index (χ1) is 11.3. The zero-order valence-electron chi connectivity index (χ0n) is 12.3. The highest BCUT2D eigenvalue weighted by Crippen LogP contribution is 2.32. The number of ether oxygens (including phenoxy) is 1. The fourth-order valence-corrected chi connectivity index (χ4v) is 3.53. The van der Waals surface area contributed by atoms with Crippen molar-refractivity contribution in [3.8, 4) is 16.6 Å². The molecule has 1 aliphatic heterocycles. The molecule has 6 nitrogen and oxygen atoms in total. The maximum atomic E-state index is 9.51. The number of morpholine rings is 1. The lowest BCUT2D eigenvalue weighted by Crippen LogP contribution is -2.36. The topological polar surface area (TPSA) is 74.9 Å². The summed E-state index contributed by atoms with van der Waals surface area (Å²) >= 11 is 1.51. The third kappa shape index (κ3) is 2.63. The molecule has 4 rings (SSSR count). The maximum Gasteiger partial charge on any atom is 0.147 e. The standard InChI is InChI=1S/C16H13N5OS/c17-8-12-7-11(1-2-14(12)21-3-5-22-6-4-21)15-20-13-9-18-10-19-16(13)23-15/h1-2,7,9-10H,3-6H2. The summed E-state index contributed by atoms with van der Waals surface area (Å²) < 4.78 is 5.38. The molecule has 0 saturated carbocycles. The Morgan fingerprint density at radius 1 is 1.26 bits per heavy atom. The minimum Gasteiger partial charge on any atom is -0.378 e. The van der Waals surface area contributed by atoms with Gasteiger partial charge >= 0.3 is 0 Å². The van der Waals surface area contributed by atoms with Crippen LogP contribution in [0.4, 0.5) is 5.69 Å². The number of hydrogen-bond donors (Lipinski definition) is 0. The van der Waals surface area contributed by atoms with Gasteiger partial charge in [0, 0.05) is 18.7 Å². The number of thiazole rings is 1. The molecule has 0 unspecified atom stereocenters. The van der Waals surface area contributed by atoms with Crippen LogP contribution in [-0.2, 0) is 4.74 Å². The lowest BCUT2D eigenvalue weighted by molar-refractivity contribution is 0.122. The Bertz CT molecular complexity index is 862. The minimum atomic E-state index is 0.662. The first-order valence-electron chi connectivity index (χ1n) is 7.29. The van der Waals surface area contributed by atoms with Crippen molar-refractivity contribution in [1.82, 2.24) is 15.0 Å². The van der Waals surface area contributed by atoms with E-state index in [-0.39, 0.29) is 0 Å². The molecule has 0 amide bonds. The molecule has 0 spiro atoms. The molecule has 1 fully saturated rings. The quantitative estimate of drug-likeness (QED) is 0.721. The normalized spacial score (nSPS) is 14.8. The average Bonchev–Trinajstić information content (AvgIpc) is 3.06. The minimum absolute atomic E-state index is 0.662. The van der Waals surface area contributed by atoms with Crippen LogP contribution in [-0.4, -0.2) is 41.3 Å². The van der Waals surface area contributed by atoms with Crippen molar-refractivity contribution in [3.05, 3.63) is 36.3 Å². The van der Waals surface area contributed by atoms with Crippen molar-refractivity contribution in [2.24, 2.45) is 0 Å². The summed E-state index contributed by atoms with van der Waals surface area (Å²) in [5.74, 6) is 0. The first-order valence-corrected chi connectivity index (χ1v) is 8.10. The number of nitriles is 1. The van der Waals surface area contributed by atoms with Crippen LogP contribution >= 0.6 is 11.3 Å². The van der Waals surface area contributed by atoms with Crippen LogP contribution in [0.15, 0.2) is 30.7 Å². The summed E-state index contributed by atoms with van der Waals surface area (Å²) in [6, 6.07) is 8.21. The van der Waals surface area contributed by atoms with Crippen LogP contribution < -0.4 is 4.90 Å². The predicted molar refractivity (Wildman–Crippen MR) is 88.4 cm³/mol. The highest BCUT2D eigenvalue weighted by molar-refractivity contribution is 7.21. The van der Waals surface area contributed by atoms with E-state index in [0.29, 0.717) is 18.8 Å². The molecule has 0 N–H and O–H groups in total. The lowest BCUT2D eigenvalue weighted by atomic mass is 10.1. The molecule has 2 aromatic heterocycles. The van der Waals surface area contributed by atoms with Gasteiger partial charge in [-0.2, -0.15) is 5.26 Å². The van der Waals surface area contributed by atoms with Crippen molar-refractivity contribution in [3.63, 3.8) is 0 Å². The highest BCUT2D eigenvalue weighted by atomic mass is 32.1. The van der Waals surface area contributed by atoms with Gasteiger partial charge in [0.1, 0.15) is 27.8 Å². The van der Waals surface area contributed by atoms with E-state index in [1.54, 1.807) is 6.20 Å². The van der Waals surface area contributed by atoms with Gasteiger partial charge in [0.15, 0.2) is 0 Å². The Labute approximate surface area is 137 Å². The van der Waals surface area contributed by atoms with Crippen LogP contribution in [0.5, 0.6) is 0 Å². The van der Waals surface area contributed by atoms with E-state index in [2.05, 4.69) is 25.9 Å². The smallest absolute Gasteiger partial charge is 0.147 e.